The highest BCUT2D eigenvalue weighted by atomic mass is 19.1. The van der Waals surface area contributed by atoms with Gasteiger partial charge in [-0.1, -0.05) is 18.2 Å². The highest BCUT2D eigenvalue weighted by Gasteiger charge is 2.13. The van der Waals surface area contributed by atoms with Crippen molar-refractivity contribution in [3.8, 4) is 22.8 Å². The molecule has 0 bridgehead atoms. The van der Waals surface area contributed by atoms with Crippen LogP contribution in [0.4, 0.5) is 4.39 Å². The molecule has 2 heterocycles. The van der Waals surface area contributed by atoms with Gasteiger partial charge in [-0.05, 0) is 29.8 Å². The highest BCUT2D eigenvalue weighted by molar-refractivity contribution is 5.76. The van der Waals surface area contributed by atoms with Crippen LogP contribution in [0.15, 0.2) is 53.1 Å². The maximum atomic E-state index is 13.8. The van der Waals surface area contributed by atoms with Gasteiger partial charge in [-0.25, -0.2) is 9.37 Å². The molecule has 28 heavy (non-hydrogen) atoms. The van der Waals surface area contributed by atoms with E-state index in [-0.39, 0.29) is 18.1 Å². The second-order valence-electron chi connectivity index (χ2n) is 6.35. The van der Waals surface area contributed by atoms with Gasteiger partial charge in [-0.15, -0.1) is 0 Å². The van der Waals surface area contributed by atoms with Crippen LogP contribution >= 0.6 is 0 Å². The largest absolute Gasteiger partial charge is 0.486 e. The van der Waals surface area contributed by atoms with E-state index in [1.807, 2.05) is 18.2 Å². The second-order valence-corrected chi connectivity index (χ2v) is 6.35. The monoisotopic (exact) mass is 382 g/mol. The number of halogens is 1. The molecule has 6 nitrogen and oxygen atoms in total. The summed E-state index contributed by atoms with van der Waals surface area (Å²) in [6.07, 6.45) is 2.03. The lowest BCUT2D eigenvalue weighted by molar-refractivity contribution is -0.121. The Kier molecular flexibility index (Phi) is 5.23. The summed E-state index contributed by atoms with van der Waals surface area (Å²) in [4.78, 5) is 16.2. The Bertz CT molecular complexity index is 986. The summed E-state index contributed by atoms with van der Waals surface area (Å²) in [7, 11) is 0. The van der Waals surface area contributed by atoms with Gasteiger partial charge < -0.3 is 19.2 Å². The zero-order valence-corrected chi connectivity index (χ0v) is 15.1. The molecule has 0 atom stereocenters. The van der Waals surface area contributed by atoms with Crippen molar-refractivity contribution in [2.24, 2.45) is 0 Å². The van der Waals surface area contributed by atoms with Crippen molar-refractivity contribution in [2.75, 3.05) is 13.2 Å². The normalized spacial score (nSPS) is 12.6. The number of hydrogen-bond donors (Lipinski definition) is 1. The van der Waals surface area contributed by atoms with Crippen LogP contribution in [0.25, 0.3) is 11.3 Å². The van der Waals surface area contributed by atoms with Crippen LogP contribution < -0.4 is 14.8 Å². The summed E-state index contributed by atoms with van der Waals surface area (Å²) in [5.74, 6) is 1.66. The van der Waals surface area contributed by atoms with Crippen molar-refractivity contribution in [1.82, 2.24) is 10.3 Å². The van der Waals surface area contributed by atoms with Crippen LogP contribution in [-0.2, 0) is 17.8 Å². The number of benzene rings is 2. The molecule has 0 aliphatic carbocycles. The van der Waals surface area contributed by atoms with Crippen molar-refractivity contribution in [3.63, 3.8) is 0 Å². The topological polar surface area (TPSA) is 73.6 Å². The first-order valence-electron chi connectivity index (χ1n) is 9.04. The molecule has 7 heteroatoms. The Hall–Kier alpha value is -3.35. The average molecular weight is 382 g/mol. The number of hydrogen-bond acceptors (Lipinski definition) is 5. The van der Waals surface area contributed by atoms with E-state index in [2.05, 4.69) is 10.3 Å². The molecule has 0 radical (unpaired) electrons. The number of rotatable bonds is 6. The van der Waals surface area contributed by atoms with E-state index in [0.29, 0.717) is 49.1 Å². The molecule has 0 saturated carbocycles. The van der Waals surface area contributed by atoms with Crippen LogP contribution in [0.5, 0.6) is 11.5 Å². The van der Waals surface area contributed by atoms with Gasteiger partial charge in [0, 0.05) is 19.4 Å². The van der Waals surface area contributed by atoms with Crippen molar-refractivity contribution in [1.29, 1.82) is 0 Å². The average Bonchev–Trinajstić information content (AvgIpc) is 3.19. The molecular weight excluding hydrogens is 363 g/mol. The molecule has 1 aliphatic rings. The number of amides is 1. The fourth-order valence-corrected chi connectivity index (χ4v) is 2.92. The van der Waals surface area contributed by atoms with Crippen LogP contribution in [0.3, 0.4) is 0 Å². The molecule has 1 aliphatic heterocycles. The molecule has 1 amide bonds. The fourth-order valence-electron chi connectivity index (χ4n) is 2.92. The highest BCUT2D eigenvalue weighted by Crippen LogP contribution is 2.30. The van der Waals surface area contributed by atoms with E-state index in [0.717, 1.165) is 11.3 Å². The summed E-state index contributed by atoms with van der Waals surface area (Å²) in [6.45, 7) is 1.46. The summed E-state index contributed by atoms with van der Waals surface area (Å²) in [5, 5.41) is 2.86. The lowest BCUT2D eigenvalue weighted by atomic mass is 10.2. The van der Waals surface area contributed by atoms with Crippen LogP contribution in [-0.4, -0.2) is 24.1 Å². The predicted octanol–water partition coefficient (Wildman–Crippen LogP) is 3.50. The fraction of sp³-hybridized carbons (Fsp3) is 0.238. The molecule has 1 N–H and O–H groups in total. The quantitative estimate of drug-likeness (QED) is 0.706. The Morgan fingerprint density at radius 2 is 1.93 bits per heavy atom. The van der Waals surface area contributed by atoms with Crippen molar-refractivity contribution >= 4 is 5.91 Å². The molecule has 0 saturated heterocycles. The van der Waals surface area contributed by atoms with Crippen LogP contribution in [0.2, 0.25) is 0 Å². The number of fused-ring (bicyclic) bond motifs is 1. The summed E-state index contributed by atoms with van der Waals surface area (Å²) in [5.41, 5.74) is 1.28. The number of nitrogens with zero attached hydrogens (tertiary/aromatic N) is 1. The Balaban J connectivity index is 1.29. The SMILES string of the molecule is O=C(CCc1ncc(-c2ccccc2F)o1)NCc1ccc2c(c1)OCCO2. The summed E-state index contributed by atoms with van der Waals surface area (Å²) >= 11 is 0. The van der Waals surface area contributed by atoms with Gasteiger partial charge in [0.15, 0.2) is 23.1 Å². The minimum Gasteiger partial charge on any atom is -0.486 e. The maximum absolute atomic E-state index is 13.8. The number of aromatic nitrogens is 1. The van der Waals surface area contributed by atoms with E-state index in [1.165, 1.54) is 12.3 Å². The summed E-state index contributed by atoms with van der Waals surface area (Å²) in [6, 6.07) is 11.9. The molecule has 144 valence electrons. The van der Waals surface area contributed by atoms with Crippen LogP contribution in [0.1, 0.15) is 17.9 Å². The molecule has 0 spiro atoms. The van der Waals surface area contributed by atoms with E-state index in [1.54, 1.807) is 18.2 Å². The molecule has 3 aromatic rings. The van der Waals surface area contributed by atoms with Gasteiger partial charge in [0.2, 0.25) is 5.91 Å². The maximum Gasteiger partial charge on any atom is 0.220 e. The van der Waals surface area contributed by atoms with Gasteiger partial charge in [-0.2, -0.15) is 0 Å². The first-order chi connectivity index (χ1) is 13.7. The third-order valence-corrected chi connectivity index (χ3v) is 4.36. The number of aryl methyl sites for hydroxylation is 1. The lowest BCUT2D eigenvalue weighted by Crippen LogP contribution is -2.23. The van der Waals surface area contributed by atoms with Gasteiger partial charge in [0.1, 0.15) is 19.0 Å². The zero-order chi connectivity index (χ0) is 19.3. The Morgan fingerprint density at radius 3 is 2.79 bits per heavy atom. The third kappa shape index (κ3) is 4.14. The Morgan fingerprint density at radius 1 is 1.11 bits per heavy atom. The molecule has 1 aromatic heterocycles. The first-order valence-corrected chi connectivity index (χ1v) is 9.04. The van der Waals surface area contributed by atoms with E-state index < -0.39 is 0 Å². The predicted molar refractivity (Wildman–Crippen MR) is 99.5 cm³/mol. The van der Waals surface area contributed by atoms with E-state index >= 15 is 0 Å². The lowest BCUT2D eigenvalue weighted by Gasteiger charge is -2.18. The number of carbonyl (C=O) groups excluding carboxylic acids is 1. The summed E-state index contributed by atoms with van der Waals surface area (Å²) < 4.78 is 30.4. The zero-order valence-electron chi connectivity index (χ0n) is 15.1. The first kappa shape index (κ1) is 18.0. The van der Waals surface area contributed by atoms with Crippen molar-refractivity contribution in [3.05, 3.63) is 65.9 Å². The molecule has 0 unspecified atom stereocenters. The minimum atomic E-state index is -0.373. The third-order valence-electron chi connectivity index (χ3n) is 4.36. The molecule has 0 fully saturated rings. The molecular formula is C21H19FN2O4. The van der Waals surface area contributed by atoms with Gasteiger partial charge in [0.05, 0.1) is 11.8 Å². The standard InChI is InChI=1S/C21H19FN2O4/c22-16-4-2-1-3-15(16)19-13-24-21(28-19)8-7-20(25)23-12-14-5-6-17-18(11-14)27-10-9-26-17/h1-6,11,13H,7-10,12H2,(H,23,25). The van der Waals surface area contributed by atoms with Crippen molar-refractivity contribution < 1.29 is 23.1 Å². The van der Waals surface area contributed by atoms with Crippen molar-refractivity contribution in [2.45, 2.75) is 19.4 Å². The smallest absolute Gasteiger partial charge is 0.220 e. The van der Waals surface area contributed by atoms with Gasteiger partial charge in [-0.3, -0.25) is 4.79 Å². The van der Waals surface area contributed by atoms with Gasteiger partial charge in [0.25, 0.3) is 0 Å². The number of carbonyl (C=O) groups is 1. The van der Waals surface area contributed by atoms with Gasteiger partial charge >= 0.3 is 0 Å². The Labute approximate surface area is 161 Å². The number of ether oxygens (including phenoxy) is 2. The van der Waals surface area contributed by atoms with E-state index in [9.17, 15) is 9.18 Å². The molecule has 2 aromatic carbocycles. The van der Waals surface area contributed by atoms with Crippen LogP contribution in [0, 0.1) is 5.82 Å². The number of oxazole rings is 1. The number of nitrogens with one attached hydrogen (secondary N) is 1. The van der Waals surface area contributed by atoms with E-state index in [4.69, 9.17) is 13.9 Å². The minimum absolute atomic E-state index is 0.125. The second kappa shape index (κ2) is 8.12. The molecule has 4 rings (SSSR count).